The van der Waals surface area contributed by atoms with E-state index >= 15 is 0 Å². The number of benzene rings is 2. The van der Waals surface area contributed by atoms with Crippen LogP contribution in [-0.4, -0.2) is 17.0 Å². The lowest BCUT2D eigenvalue weighted by molar-refractivity contribution is -0.139. The molecule has 0 aliphatic heterocycles. The maximum atomic E-state index is 13.3. The van der Waals surface area contributed by atoms with Crippen LogP contribution in [0.25, 0.3) is 0 Å². The standard InChI is InChI=1S/C19H15BrF3N3O/c1-26(16-10-6-5-9-15(16)20)18-24-11-14(19(21,22)23)17(25-18)27-12-13-7-3-2-4-8-13/h2-11H,12H2,1H3. The van der Waals surface area contributed by atoms with E-state index in [-0.39, 0.29) is 12.6 Å². The Morgan fingerprint density at radius 1 is 1.04 bits per heavy atom. The van der Waals surface area contributed by atoms with E-state index in [0.717, 1.165) is 16.2 Å². The van der Waals surface area contributed by atoms with Crippen molar-refractivity contribution in [3.63, 3.8) is 0 Å². The van der Waals surface area contributed by atoms with Crippen LogP contribution in [0.15, 0.2) is 65.3 Å². The van der Waals surface area contributed by atoms with Crippen molar-refractivity contribution >= 4 is 27.6 Å². The molecule has 3 rings (SSSR count). The molecule has 4 nitrogen and oxygen atoms in total. The Hall–Kier alpha value is -2.61. The molecule has 0 radical (unpaired) electrons. The van der Waals surface area contributed by atoms with E-state index in [9.17, 15) is 13.2 Å². The number of aromatic nitrogens is 2. The van der Waals surface area contributed by atoms with Crippen molar-refractivity contribution in [2.45, 2.75) is 12.8 Å². The van der Waals surface area contributed by atoms with Crippen LogP contribution in [0.2, 0.25) is 0 Å². The van der Waals surface area contributed by atoms with Crippen LogP contribution in [0.4, 0.5) is 24.8 Å². The lowest BCUT2D eigenvalue weighted by atomic mass is 10.2. The molecule has 0 spiro atoms. The lowest BCUT2D eigenvalue weighted by Gasteiger charge is -2.20. The van der Waals surface area contributed by atoms with Crippen molar-refractivity contribution in [1.82, 2.24) is 9.97 Å². The average Bonchev–Trinajstić information content (AvgIpc) is 2.66. The summed E-state index contributed by atoms with van der Waals surface area (Å²) < 4.78 is 46.1. The topological polar surface area (TPSA) is 38.2 Å². The van der Waals surface area contributed by atoms with Gasteiger partial charge in [0.1, 0.15) is 12.2 Å². The van der Waals surface area contributed by atoms with E-state index in [1.54, 1.807) is 42.3 Å². The smallest absolute Gasteiger partial charge is 0.423 e. The first-order valence-corrected chi connectivity index (χ1v) is 8.75. The minimum Gasteiger partial charge on any atom is -0.472 e. The van der Waals surface area contributed by atoms with Gasteiger partial charge in [-0.1, -0.05) is 42.5 Å². The third-order valence-corrected chi connectivity index (χ3v) is 4.45. The van der Waals surface area contributed by atoms with Gasteiger partial charge in [-0.2, -0.15) is 18.2 Å². The second kappa shape index (κ2) is 7.96. The van der Waals surface area contributed by atoms with Crippen LogP contribution >= 0.6 is 15.9 Å². The molecule has 8 heteroatoms. The number of hydrogen-bond donors (Lipinski definition) is 0. The lowest BCUT2D eigenvalue weighted by Crippen LogP contribution is -2.17. The van der Waals surface area contributed by atoms with Crippen molar-refractivity contribution in [2.75, 3.05) is 11.9 Å². The van der Waals surface area contributed by atoms with Gasteiger partial charge in [0.15, 0.2) is 0 Å². The number of alkyl halides is 3. The Labute approximate surface area is 162 Å². The van der Waals surface area contributed by atoms with E-state index in [0.29, 0.717) is 5.69 Å². The molecule has 0 aliphatic rings. The van der Waals surface area contributed by atoms with E-state index < -0.39 is 17.6 Å². The summed E-state index contributed by atoms with van der Waals surface area (Å²) in [7, 11) is 1.67. The molecule has 0 fully saturated rings. The van der Waals surface area contributed by atoms with Crippen LogP contribution < -0.4 is 9.64 Å². The maximum absolute atomic E-state index is 13.3. The molecule has 0 bridgehead atoms. The summed E-state index contributed by atoms with van der Waals surface area (Å²) in [6.45, 7) is -0.0287. The number of hydrogen-bond acceptors (Lipinski definition) is 4. The predicted molar refractivity (Wildman–Crippen MR) is 100 cm³/mol. The van der Waals surface area contributed by atoms with E-state index in [2.05, 4.69) is 25.9 Å². The molecule has 0 N–H and O–H groups in total. The summed E-state index contributed by atoms with van der Waals surface area (Å²) in [5, 5.41) is 0. The van der Waals surface area contributed by atoms with Crippen LogP contribution in [0.3, 0.4) is 0 Å². The van der Waals surface area contributed by atoms with Crippen molar-refractivity contribution in [3.8, 4) is 5.88 Å². The molecule has 0 saturated heterocycles. The molecule has 0 unspecified atom stereocenters. The first kappa shape index (κ1) is 19.2. The van der Waals surface area contributed by atoms with Crippen LogP contribution in [-0.2, 0) is 12.8 Å². The van der Waals surface area contributed by atoms with Gasteiger partial charge < -0.3 is 9.64 Å². The fourth-order valence-electron chi connectivity index (χ4n) is 2.38. The van der Waals surface area contributed by atoms with Gasteiger partial charge in [-0.25, -0.2) is 4.98 Å². The zero-order valence-electron chi connectivity index (χ0n) is 14.2. The van der Waals surface area contributed by atoms with Gasteiger partial charge in [0, 0.05) is 17.7 Å². The highest BCUT2D eigenvalue weighted by Gasteiger charge is 2.36. The Morgan fingerprint density at radius 3 is 2.37 bits per heavy atom. The van der Waals surface area contributed by atoms with E-state index in [1.165, 1.54) is 0 Å². The summed E-state index contributed by atoms with van der Waals surface area (Å²) >= 11 is 3.41. The molecule has 1 heterocycles. The van der Waals surface area contributed by atoms with E-state index in [1.807, 2.05) is 24.3 Å². The number of anilines is 2. The van der Waals surface area contributed by atoms with Gasteiger partial charge >= 0.3 is 6.18 Å². The minimum atomic E-state index is -4.61. The third-order valence-electron chi connectivity index (χ3n) is 3.78. The SMILES string of the molecule is CN(c1ncc(C(F)(F)F)c(OCc2ccccc2)n1)c1ccccc1Br. The van der Waals surface area contributed by atoms with Crippen molar-refractivity contribution < 1.29 is 17.9 Å². The highest BCUT2D eigenvalue weighted by molar-refractivity contribution is 9.10. The fraction of sp³-hybridized carbons (Fsp3) is 0.158. The molecule has 27 heavy (non-hydrogen) atoms. The maximum Gasteiger partial charge on any atom is 0.423 e. The summed E-state index contributed by atoms with van der Waals surface area (Å²) in [5.41, 5.74) is 0.443. The molecule has 0 aliphatic carbocycles. The van der Waals surface area contributed by atoms with Crippen LogP contribution in [0.5, 0.6) is 5.88 Å². The number of rotatable bonds is 5. The molecule has 0 saturated carbocycles. The Morgan fingerprint density at radius 2 is 1.70 bits per heavy atom. The van der Waals surface area contributed by atoms with Crippen LogP contribution in [0, 0.1) is 0 Å². The average molecular weight is 438 g/mol. The highest BCUT2D eigenvalue weighted by atomic mass is 79.9. The summed E-state index contributed by atoms with van der Waals surface area (Å²) in [5.74, 6) is -0.409. The molecular weight excluding hydrogens is 423 g/mol. The second-order valence-electron chi connectivity index (χ2n) is 5.67. The van der Waals surface area contributed by atoms with Crippen molar-refractivity contribution in [2.24, 2.45) is 0 Å². The van der Waals surface area contributed by atoms with Gasteiger partial charge in [-0.05, 0) is 33.6 Å². The molecule has 1 aromatic heterocycles. The molecule has 140 valence electrons. The second-order valence-corrected chi connectivity index (χ2v) is 6.53. The van der Waals surface area contributed by atoms with Gasteiger partial charge in [0.2, 0.25) is 11.8 Å². The fourth-order valence-corrected chi connectivity index (χ4v) is 2.93. The molecular formula is C19H15BrF3N3O. The summed E-state index contributed by atoms with van der Waals surface area (Å²) in [6, 6.07) is 16.2. The first-order chi connectivity index (χ1) is 12.9. The van der Waals surface area contributed by atoms with Crippen molar-refractivity contribution in [1.29, 1.82) is 0 Å². The predicted octanol–water partition coefficient (Wildman–Crippen LogP) is 5.60. The van der Waals surface area contributed by atoms with Gasteiger partial charge in [-0.3, -0.25) is 0 Å². The quantitative estimate of drug-likeness (QED) is 0.520. The first-order valence-electron chi connectivity index (χ1n) is 7.95. The number of halogens is 4. The van der Waals surface area contributed by atoms with Gasteiger partial charge in [0.25, 0.3) is 0 Å². The Bertz CT molecular complexity index is 920. The number of nitrogens with zero attached hydrogens (tertiary/aromatic N) is 3. The Balaban J connectivity index is 1.94. The van der Waals surface area contributed by atoms with Gasteiger partial charge in [0.05, 0.1) is 5.69 Å². The molecule has 3 aromatic rings. The summed E-state index contributed by atoms with van der Waals surface area (Å²) in [6.07, 6.45) is -3.87. The normalized spacial score (nSPS) is 11.3. The highest BCUT2D eigenvalue weighted by Crippen LogP contribution is 2.37. The zero-order chi connectivity index (χ0) is 19.4. The number of ether oxygens (including phenoxy) is 1. The zero-order valence-corrected chi connectivity index (χ0v) is 15.8. The third kappa shape index (κ3) is 4.57. The van der Waals surface area contributed by atoms with Crippen molar-refractivity contribution in [3.05, 3.63) is 76.4 Å². The number of para-hydroxylation sites is 1. The largest absolute Gasteiger partial charge is 0.472 e. The molecule has 0 amide bonds. The summed E-state index contributed by atoms with van der Waals surface area (Å²) in [4.78, 5) is 9.48. The van der Waals surface area contributed by atoms with Crippen LogP contribution in [0.1, 0.15) is 11.1 Å². The molecule has 2 aromatic carbocycles. The van der Waals surface area contributed by atoms with Gasteiger partial charge in [-0.15, -0.1) is 0 Å². The molecule has 0 atom stereocenters. The minimum absolute atomic E-state index is 0.0287. The monoisotopic (exact) mass is 437 g/mol. The Kier molecular flexibility index (Phi) is 5.65. The van der Waals surface area contributed by atoms with E-state index in [4.69, 9.17) is 4.74 Å².